The molecule has 0 fully saturated rings. The van der Waals surface area contributed by atoms with Crippen molar-refractivity contribution in [1.82, 2.24) is 14.8 Å². The summed E-state index contributed by atoms with van der Waals surface area (Å²) in [7, 11) is 1.61. The van der Waals surface area contributed by atoms with Crippen LogP contribution in [0.4, 0.5) is 0 Å². The number of benzene rings is 1. The van der Waals surface area contributed by atoms with Crippen LogP contribution in [-0.2, 0) is 6.54 Å². The van der Waals surface area contributed by atoms with Crippen LogP contribution >= 0.6 is 12.2 Å². The fourth-order valence-corrected chi connectivity index (χ4v) is 1.60. The molecule has 1 heterocycles. The molecular formula is C12H14N4O2S. The standard InChI is InChI=1S/C12H14N4O2S/c1-17-9-4-2-3-5-10(9)18-7-6-16-8-14-12(15-16)11(13)19/h2-5,8H,6-7H2,1H3,(H2,13,19). The molecule has 19 heavy (non-hydrogen) atoms. The minimum absolute atomic E-state index is 0.185. The van der Waals surface area contributed by atoms with Crippen LogP contribution in [0.15, 0.2) is 30.6 Å². The second kappa shape index (κ2) is 6.14. The van der Waals surface area contributed by atoms with Crippen molar-refractivity contribution in [1.29, 1.82) is 0 Å². The van der Waals surface area contributed by atoms with Gasteiger partial charge in [0.2, 0.25) is 5.82 Å². The molecule has 0 saturated carbocycles. The van der Waals surface area contributed by atoms with Crippen molar-refractivity contribution >= 4 is 17.2 Å². The molecule has 0 atom stereocenters. The van der Waals surface area contributed by atoms with Crippen LogP contribution in [0.2, 0.25) is 0 Å². The Hall–Kier alpha value is -2.15. The highest BCUT2D eigenvalue weighted by molar-refractivity contribution is 7.80. The average Bonchev–Trinajstić information content (AvgIpc) is 2.88. The third-order valence-electron chi connectivity index (χ3n) is 2.40. The highest BCUT2D eigenvalue weighted by Gasteiger charge is 2.05. The zero-order valence-electron chi connectivity index (χ0n) is 10.4. The van der Waals surface area contributed by atoms with E-state index in [2.05, 4.69) is 10.1 Å². The number of rotatable bonds is 6. The number of nitrogens with zero attached hydrogens (tertiary/aromatic N) is 3. The molecule has 0 aliphatic rings. The van der Waals surface area contributed by atoms with Crippen LogP contribution in [0.3, 0.4) is 0 Å². The first kappa shape index (κ1) is 13.3. The van der Waals surface area contributed by atoms with Gasteiger partial charge in [0.25, 0.3) is 0 Å². The second-order valence-corrected chi connectivity index (χ2v) is 4.13. The first-order valence-corrected chi connectivity index (χ1v) is 6.06. The summed E-state index contributed by atoms with van der Waals surface area (Å²) in [6.07, 6.45) is 1.57. The number of hydrogen-bond acceptors (Lipinski definition) is 5. The number of para-hydroxylation sites is 2. The predicted molar refractivity (Wildman–Crippen MR) is 74.4 cm³/mol. The van der Waals surface area contributed by atoms with Gasteiger partial charge in [0.05, 0.1) is 13.7 Å². The van der Waals surface area contributed by atoms with Gasteiger partial charge in [-0.3, -0.25) is 0 Å². The molecule has 0 saturated heterocycles. The third kappa shape index (κ3) is 3.41. The maximum atomic E-state index is 5.62. The normalized spacial score (nSPS) is 10.2. The van der Waals surface area contributed by atoms with Gasteiger partial charge in [-0.05, 0) is 12.1 Å². The van der Waals surface area contributed by atoms with Gasteiger partial charge in [0.1, 0.15) is 17.9 Å². The Morgan fingerprint density at radius 3 is 2.74 bits per heavy atom. The van der Waals surface area contributed by atoms with Crippen molar-refractivity contribution < 1.29 is 9.47 Å². The number of methoxy groups -OCH3 is 1. The van der Waals surface area contributed by atoms with Crippen LogP contribution in [0.1, 0.15) is 5.82 Å². The molecule has 0 bridgehead atoms. The van der Waals surface area contributed by atoms with Crippen molar-refractivity contribution in [3.8, 4) is 11.5 Å². The monoisotopic (exact) mass is 278 g/mol. The van der Waals surface area contributed by atoms with Crippen LogP contribution in [0.25, 0.3) is 0 Å². The van der Waals surface area contributed by atoms with E-state index in [1.165, 1.54) is 0 Å². The molecule has 7 heteroatoms. The minimum atomic E-state index is 0.185. The Bertz CT molecular complexity index is 570. The van der Waals surface area contributed by atoms with Crippen molar-refractivity contribution in [2.75, 3.05) is 13.7 Å². The summed E-state index contributed by atoms with van der Waals surface area (Å²) in [5.41, 5.74) is 5.43. The Kier molecular flexibility index (Phi) is 4.30. The van der Waals surface area contributed by atoms with Crippen molar-refractivity contribution in [2.45, 2.75) is 6.54 Å². The molecule has 0 radical (unpaired) electrons. The van der Waals surface area contributed by atoms with Crippen LogP contribution in [0.5, 0.6) is 11.5 Å². The largest absolute Gasteiger partial charge is 0.493 e. The smallest absolute Gasteiger partial charge is 0.208 e. The number of hydrogen-bond donors (Lipinski definition) is 1. The van der Waals surface area contributed by atoms with E-state index in [4.69, 9.17) is 27.4 Å². The maximum Gasteiger partial charge on any atom is 0.208 e. The highest BCUT2D eigenvalue weighted by Crippen LogP contribution is 2.25. The predicted octanol–water partition coefficient (Wildman–Crippen LogP) is 1.000. The number of ether oxygens (including phenoxy) is 2. The molecule has 1 aromatic carbocycles. The van der Waals surface area contributed by atoms with Crippen molar-refractivity contribution in [3.63, 3.8) is 0 Å². The van der Waals surface area contributed by atoms with Crippen molar-refractivity contribution in [2.24, 2.45) is 5.73 Å². The van der Waals surface area contributed by atoms with E-state index in [1.807, 2.05) is 24.3 Å². The van der Waals surface area contributed by atoms with E-state index in [9.17, 15) is 0 Å². The van der Waals surface area contributed by atoms with Gasteiger partial charge >= 0.3 is 0 Å². The third-order valence-corrected chi connectivity index (χ3v) is 2.59. The molecular weight excluding hydrogens is 264 g/mol. The Labute approximate surface area is 116 Å². The summed E-state index contributed by atoms with van der Waals surface area (Å²) in [4.78, 5) is 4.17. The summed E-state index contributed by atoms with van der Waals surface area (Å²) in [6, 6.07) is 7.46. The first-order valence-electron chi connectivity index (χ1n) is 5.66. The zero-order valence-corrected chi connectivity index (χ0v) is 11.3. The SMILES string of the molecule is COc1ccccc1OCCn1cnc(C(N)=S)n1. The van der Waals surface area contributed by atoms with Gasteiger partial charge in [-0.25, -0.2) is 9.67 Å². The van der Waals surface area contributed by atoms with E-state index < -0.39 is 0 Å². The summed E-state index contributed by atoms with van der Waals surface area (Å²) in [5.74, 6) is 1.76. The minimum Gasteiger partial charge on any atom is -0.493 e. The van der Waals surface area contributed by atoms with Crippen LogP contribution < -0.4 is 15.2 Å². The number of nitrogens with two attached hydrogens (primary N) is 1. The first-order chi connectivity index (χ1) is 9.20. The Morgan fingerprint density at radius 1 is 1.37 bits per heavy atom. The fourth-order valence-electron chi connectivity index (χ4n) is 1.50. The molecule has 2 aromatic rings. The van der Waals surface area contributed by atoms with Gasteiger partial charge in [0.15, 0.2) is 11.5 Å². The Morgan fingerprint density at radius 2 is 2.11 bits per heavy atom. The fraction of sp³-hybridized carbons (Fsp3) is 0.250. The van der Waals surface area contributed by atoms with Gasteiger partial charge in [-0.15, -0.1) is 5.10 Å². The van der Waals surface area contributed by atoms with E-state index >= 15 is 0 Å². The summed E-state index contributed by atoms with van der Waals surface area (Å²) in [6.45, 7) is 0.994. The lowest BCUT2D eigenvalue weighted by Crippen LogP contribution is -2.13. The van der Waals surface area contributed by atoms with Crippen LogP contribution in [0, 0.1) is 0 Å². The molecule has 0 spiro atoms. The van der Waals surface area contributed by atoms with Gasteiger partial charge in [-0.2, -0.15) is 0 Å². The summed E-state index contributed by atoms with van der Waals surface area (Å²) in [5, 5.41) is 4.11. The molecule has 1 aromatic heterocycles. The summed E-state index contributed by atoms with van der Waals surface area (Å²) < 4.78 is 12.4. The van der Waals surface area contributed by atoms with Gasteiger partial charge < -0.3 is 15.2 Å². The molecule has 0 aliphatic carbocycles. The van der Waals surface area contributed by atoms with E-state index in [0.717, 1.165) is 0 Å². The van der Waals surface area contributed by atoms with Gasteiger partial charge in [0, 0.05) is 0 Å². The number of thiocarbonyl (C=S) groups is 1. The molecule has 100 valence electrons. The lowest BCUT2D eigenvalue weighted by Gasteiger charge is -2.09. The van der Waals surface area contributed by atoms with Crippen molar-refractivity contribution in [3.05, 3.63) is 36.4 Å². The lowest BCUT2D eigenvalue weighted by molar-refractivity contribution is 0.274. The summed E-state index contributed by atoms with van der Waals surface area (Å²) >= 11 is 4.79. The Balaban J connectivity index is 1.90. The van der Waals surface area contributed by atoms with Gasteiger partial charge in [-0.1, -0.05) is 24.4 Å². The van der Waals surface area contributed by atoms with E-state index in [-0.39, 0.29) is 4.99 Å². The zero-order chi connectivity index (χ0) is 13.7. The molecule has 0 aliphatic heterocycles. The molecule has 2 N–H and O–H groups in total. The van der Waals surface area contributed by atoms with Crippen LogP contribution in [-0.4, -0.2) is 33.5 Å². The molecule has 0 unspecified atom stereocenters. The molecule has 0 amide bonds. The quantitative estimate of drug-likeness (QED) is 0.795. The molecule has 2 rings (SSSR count). The maximum absolute atomic E-state index is 5.62. The van der Waals surface area contributed by atoms with E-state index in [1.54, 1.807) is 18.1 Å². The average molecular weight is 278 g/mol. The topological polar surface area (TPSA) is 75.2 Å². The second-order valence-electron chi connectivity index (χ2n) is 3.69. The van der Waals surface area contributed by atoms with E-state index in [0.29, 0.717) is 30.5 Å². The molecule has 6 nitrogen and oxygen atoms in total. The lowest BCUT2D eigenvalue weighted by atomic mass is 10.3. The highest BCUT2D eigenvalue weighted by atomic mass is 32.1. The number of aromatic nitrogens is 3.